The van der Waals surface area contributed by atoms with E-state index >= 15 is 0 Å². The molecule has 2 rings (SSSR count). The fourth-order valence-electron chi connectivity index (χ4n) is 1.90. The molecule has 1 heterocycles. The normalized spacial score (nSPS) is 10.2. The van der Waals surface area contributed by atoms with Gasteiger partial charge in [-0.15, -0.1) is 0 Å². The van der Waals surface area contributed by atoms with Crippen molar-refractivity contribution in [3.8, 4) is 0 Å². The second-order valence-electron chi connectivity index (χ2n) is 4.55. The second kappa shape index (κ2) is 5.58. The van der Waals surface area contributed by atoms with E-state index in [2.05, 4.69) is 10.3 Å². The van der Waals surface area contributed by atoms with Crippen LogP contribution in [0.25, 0.3) is 0 Å². The molecule has 0 radical (unpaired) electrons. The van der Waals surface area contributed by atoms with Gasteiger partial charge in [-0.25, -0.2) is 0 Å². The number of amides is 1. The zero-order valence-corrected chi connectivity index (χ0v) is 11.5. The molecule has 0 saturated heterocycles. The molecule has 108 valence electrons. The smallest absolute Gasteiger partial charge is 0.274 e. The Hall–Kier alpha value is -2.96. The van der Waals surface area contributed by atoms with E-state index in [4.69, 9.17) is 0 Å². The van der Waals surface area contributed by atoms with Crippen LogP contribution in [0.1, 0.15) is 21.6 Å². The fraction of sp³-hybridized carbons (Fsp3) is 0.143. The Morgan fingerprint density at radius 3 is 2.57 bits per heavy atom. The van der Waals surface area contributed by atoms with Gasteiger partial charge in [0.2, 0.25) is 0 Å². The number of pyridine rings is 1. The quantitative estimate of drug-likeness (QED) is 0.666. The van der Waals surface area contributed by atoms with Gasteiger partial charge in [0.15, 0.2) is 0 Å². The van der Waals surface area contributed by atoms with E-state index < -0.39 is 16.4 Å². The monoisotopic (exact) mass is 287 g/mol. The molecule has 0 fully saturated rings. The molecule has 0 unspecified atom stereocenters. The van der Waals surface area contributed by atoms with Gasteiger partial charge in [0.25, 0.3) is 17.2 Å². The van der Waals surface area contributed by atoms with Crippen molar-refractivity contribution in [2.24, 2.45) is 0 Å². The van der Waals surface area contributed by atoms with Crippen LogP contribution >= 0.6 is 0 Å². The number of nitrogens with one attached hydrogen (secondary N) is 2. The molecule has 0 atom stereocenters. The van der Waals surface area contributed by atoms with E-state index in [1.165, 1.54) is 25.1 Å². The Bertz CT molecular complexity index is 780. The van der Waals surface area contributed by atoms with Crippen LogP contribution in [0, 0.1) is 24.0 Å². The number of carbonyl (C=O) groups is 1. The van der Waals surface area contributed by atoms with Crippen LogP contribution in [-0.2, 0) is 0 Å². The summed E-state index contributed by atoms with van der Waals surface area (Å²) in [4.78, 5) is 36.6. The molecule has 0 aliphatic rings. The third-order valence-corrected chi connectivity index (χ3v) is 3.05. The van der Waals surface area contributed by atoms with Gasteiger partial charge in [0.05, 0.1) is 16.2 Å². The number of nitrogens with zero attached hydrogens (tertiary/aromatic N) is 1. The first-order valence-electron chi connectivity index (χ1n) is 6.15. The first kappa shape index (κ1) is 14.4. The van der Waals surface area contributed by atoms with Gasteiger partial charge >= 0.3 is 0 Å². The van der Waals surface area contributed by atoms with Crippen molar-refractivity contribution in [1.82, 2.24) is 4.98 Å². The molecule has 0 aliphatic carbocycles. The zero-order valence-electron chi connectivity index (χ0n) is 11.5. The lowest BCUT2D eigenvalue weighted by molar-refractivity contribution is -0.385. The summed E-state index contributed by atoms with van der Waals surface area (Å²) in [6.07, 6.45) is 0. The second-order valence-corrected chi connectivity index (χ2v) is 4.55. The topological polar surface area (TPSA) is 105 Å². The number of hydrogen-bond acceptors (Lipinski definition) is 4. The van der Waals surface area contributed by atoms with Gasteiger partial charge in [0.1, 0.15) is 5.56 Å². The highest BCUT2D eigenvalue weighted by Gasteiger charge is 2.16. The number of carbonyl (C=O) groups excluding carboxylic acids is 1. The first-order chi connectivity index (χ1) is 9.90. The first-order valence-corrected chi connectivity index (χ1v) is 6.15. The summed E-state index contributed by atoms with van der Waals surface area (Å²) in [7, 11) is 0. The summed E-state index contributed by atoms with van der Waals surface area (Å²) in [6.45, 7) is 3.24. The van der Waals surface area contributed by atoms with Crippen molar-refractivity contribution in [3.63, 3.8) is 0 Å². The third-order valence-electron chi connectivity index (χ3n) is 3.05. The third kappa shape index (κ3) is 2.97. The number of aromatic nitrogens is 1. The molecule has 0 saturated carbocycles. The number of H-pyrrole nitrogens is 1. The van der Waals surface area contributed by atoms with Crippen LogP contribution in [0.4, 0.5) is 11.4 Å². The Morgan fingerprint density at radius 1 is 1.24 bits per heavy atom. The Labute approximate surface area is 119 Å². The van der Waals surface area contributed by atoms with E-state index in [9.17, 15) is 19.7 Å². The number of benzene rings is 1. The number of aromatic amines is 1. The Morgan fingerprint density at radius 2 is 1.95 bits per heavy atom. The largest absolute Gasteiger partial charge is 0.326 e. The zero-order chi connectivity index (χ0) is 15.6. The van der Waals surface area contributed by atoms with Crippen molar-refractivity contribution < 1.29 is 9.72 Å². The Balaban J connectivity index is 2.34. The number of nitro benzene ring substituents is 1. The number of anilines is 1. The Kier molecular flexibility index (Phi) is 3.84. The molecule has 1 amide bonds. The molecular formula is C14H13N3O4. The van der Waals surface area contributed by atoms with Crippen LogP contribution in [0.3, 0.4) is 0 Å². The van der Waals surface area contributed by atoms with E-state index in [0.29, 0.717) is 16.9 Å². The molecule has 7 nitrogen and oxygen atoms in total. The number of aryl methyl sites for hydroxylation is 1. The van der Waals surface area contributed by atoms with Crippen molar-refractivity contribution in [3.05, 3.63) is 67.6 Å². The van der Waals surface area contributed by atoms with Gasteiger partial charge < -0.3 is 10.3 Å². The van der Waals surface area contributed by atoms with Crippen molar-refractivity contribution in [2.45, 2.75) is 13.8 Å². The molecule has 2 N–H and O–H groups in total. The highest BCUT2D eigenvalue weighted by Crippen LogP contribution is 2.25. The van der Waals surface area contributed by atoms with Crippen molar-refractivity contribution in [2.75, 3.05) is 5.32 Å². The summed E-state index contributed by atoms with van der Waals surface area (Å²) in [6, 6.07) is 7.39. The van der Waals surface area contributed by atoms with Gasteiger partial charge in [-0.05, 0) is 32.0 Å². The highest BCUT2D eigenvalue weighted by atomic mass is 16.6. The van der Waals surface area contributed by atoms with Gasteiger partial charge in [-0.1, -0.05) is 6.07 Å². The lowest BCUT2D eigenvalue weighted by Crippen LogP contribution is -2.23. The predicted molar refractivity (Wildman–Crippen MR) is 77.6 cm³/mol. The number of nitro groups is 1. The van der Waals surface area contributed by atoms with E-state index in [-0.39, 0.29) is 11.3 Å². The maximum atomic E-state index is 12.1. The van der Waals surface area contributed by atoms with Crippen LogP contribution in [-0.4, -0.2) is 15.8 Å². The van der Waals surface area contributed by atoms with Crippen molar-refractivity contribution >= 4 is 17.3 Å². The van der Waals surface area contributed by atoms with Crippen molar-refractivity contribution in [1.29, 1.82) is 0 Å². The van der Waals surface area contributed by atoms with E-state index in [1.807, 2.05) is 0 Å². The number of hydrogen-bond donors (Lipinski definition) is 2. The molecule has 1 aromatic carbocycles. The molecule has 0 spiro atoms. The maximum Gasteiger partial charge on any atom is 0.274 e. The summed E-state index contributed by atoms with van der Waals surface area (Å²) in [5, 5.41) is 13.4. The minimum Gasteiger partial charge on any atom is -0.326 e. The molecule has 7 heteroatoms. The fourth-order valence-corrected chi connectivity index (χ4v) is 1.90. The highest BCUT2D eigenvalue weighted by molar-refractivity contribution is 6.04. The summed E-state index contributed by atoms with van der Waals surface area (Å²) >= 11 is 0. The standard InChI is InChI=1S/C14H13N3O4/c1-8-6-7-10(13(18)15-8)14(19)16-11-4-3-5-12(9(11)2)17(20)21/h3-7H,1-2H3,(H,15,18)(H,16,19). The maximum absolute atomic E-state index is 12.1. The molecule has 2 aromatic rings. The minimum atomic E-state index is -0.611. The van der Waals surface area contributed by atoms with E-state index in [1.54, 1.807) is 19.1 Å². The molecule has 0 aliphatic heterocycles. The van der Waals surface area contributed by atoms with Gasteiger partial charge in [0, 0.05) is 11.8 Å². The average Bonchev–Trinajstić information content (AvgIpc) is 2.40. The van der Waals surface area contributed by atoms with E-state index in [0.717, 1.165) is 0 Å². The lowest BCUT2D eigenvalue weighted by atomic mass is 10.1. The number of rotatable bonds is 3. The van der Waals surface area contributed by atoms with Gasteiger partial charge in [-0.2, -0.15) is 0 Å². The molecule has 0 bridgehead atoms. The average molecular weight is 287 g/mol. The molecule has 21 heavy (non-hydrogen) atoms. The predicted octanol–water partition coefficient (Wildman–Crippen LogP) is 2.15. The van der Waals surface area contributed by atoms with Crippen LogP contribution in [0.2, 0.25) is 0 Å². The molecular weight excluding hydrogens is 274 g/mol. The van der Waals surface area contributed by atoms with Crippen LogP contribution < -0.4 is 10.9 Å². The summed E-state index contributed by atoms with van der Waals surface area (Å²) in [5.41, 5.74) is 0.629. The van der Waals surface area contributed by atoms with Crippen LogP contribution in [0.15, 0.2) is 35.1 Å². The molecule has 1 aromatic heterocycles. The SMILES string of the molecule is Cc1ccc(C(=O)Nc2cccc([N+](=O)[O-])c2C)c(=O)[nH]1. The van der Waals surface area contributed by atoms with Crippen LogP contribution in [0.5, 0.6) is 0 Å². The minimum absolute atomic E-state index is 0.0495. The lowest BCUT2D eigenvalue weighted by Gasteiger charge is -2.08. The van der Waals surface area contributed by atoms with Gasteiger partial charge in [-0.3, -0.25) is 19.7 Å². The summed E-state index contributed by atoms with van der Waals surface area (Å²) < 4.78 is 0. The summed E-state index contributed by atoms with van der Waals surface area (Å²) in [5.74, 6) is -0.611.